The molecule has 0 bridgehead atoms. The summed E-state index contributed by atoms with van der Waals surface area (Å²) in [5, 5.41) is 2.77. The number of carbonyl (C=O) groups excluding carboxylic acids is 2. The van der Waals surface area contributed by atoms with E-state index >= 15 is 0 Å². The smallest absolute Gasteiger partial charge is 0.253 e. The number of amidine groups is 1. The Morgan fingerprint density at radius 2 is 2.10 bits per heavy atom. The molecule has 1 fully saturated rings. The van der Waals surface area contributed by atoms with Crippen LogP contribution in [0.25, 0.3) is 0 Å². The van der Waals surface area contributed by atoms with Crippen molar-refractivity contribution < 1.29 is 18.7 Å². The number of amides is 2. The number of aromatic nitrogens is 1. The Morgan fingerprint density at radius 1 is 1.31 bits per heavy atom. The highest BCUT2D eigenvalue weighted by Gasteiger charge is 2.46. The van der Waals surface area contributed by atoms with Crippen LogP contribution < -0.4 is 10.1 Å². The van der Waals surface area contributed by atoms with Gasteiger partial charge in [-0.15, -0.1) is 0 Å². The van der Waals surface area contributed by atoms with Crippen molar-refractivity contribution in [2.45, 2.75) is 24.8 Å². The predicted molar refractivity (Wildman–Crippen MR) is 105 cm³/mol. The molecule has 1 aromatic carbocycles. The molecule has 0 radical (unpaired) electrons. The van der Waals surface area contributed by atoms with Gasteiger partial charge in [0.05, 0.1) is 6.42 Å². The lowest BCUT2D eigenvalue weighted by molar-refractivity contribution is -0.135. The molecule has 1 N–H and O–H groups in total. The third kappa shape index (κ3) is 4.16. The number of benzene rings is 1. The number of hydrogen-bond acceptors (Lipinski definition) is 4. The third-order valence-corrected chi connectivity index (χ3v) is 5.39. The highest BCUT2D eigenvalue weighted by Crippen LogP contribution is 2.30. The van der Waals surface area contributed by atoms with E-state index in [9.17, 15) is 14.0 Å². The molecule has 2 aliphatic heterocycles. The summed E-state index contributed by atoms with van der Waals surface area (Å²) in [6.45, 7) is 1.04. The summed E-state index contributed by atoms with van der Waals surface area (Å²) in [7, 11) is 1.92. The van der Waals surface area contributed by atoms with Crippen LogP contribution in [0, 0.1) is 5.82 Å². The molecule has 7 nitrogen and oxygen atoms in total. The number of nitrogens with one attached hydrogen (secondary N) is 1. The van der Waals surface area contributed by atoms with E-state index < -0.39 is 5.54 Å². The Balaban J connectivity index is 1.34. The molecular formula is C21H23FN4O3. The van der Waals surface area contributed by atoms with Crippen molar-refractivity contribution in [3.05, 3.63) is 54.1 Å². The van der Waals surface area contributed by atoms with Crippen LogP contribution in [0.2, 0.25) is 0 Å². The summed E-state index contributed by atoms with van der Waals surface area (Å²) in [4.78, 5) is 31.5. The van der Waals surface area contributed by atoms with Crippen LogP contribution in [-0.4, -0.2) is 52.4 Å². The molecule has 8 heteroatoms. The first kappa shape index (κ1) is 19.2. The first-order chi connectivity index (χ1) is 13.9. The number of nitrogens with zero attached hydrogens (tertiary/aromatic N) is 3. The maximum absolute atomic E-state index is 13.2. The molecule has 1 saturated heterocycles. The fraction of sp³-hybridized carbons (Fsp3) is 0.381. The Labute approximate surface area is 168 Å². The molecule has 0 unspecified atom stereocenters. The van der Waals surface area contributed by atoms with E-state index in [0.29, 0.717) is 43.9 Å². The first-order valence-electron chi connectivity index (χ1n) is 9.61. The van der Waals surface area contributed by atoms with Crippen LogP contribution in [-0.2, 0) is 23.1 Å². The molecule has 29 heavy (non-hydrogen) atoms. The van der Waals surface area contributed by atoms with Gasteiger partial charge in [0, 0.05) is 38.6 Å². The van der Waals surface area contributed by atoms with Gasteiger partial charge >= 0.3 is 0 Å². The summed E-state index contributed by atoms with van der Waals surface area (Å²) in [5.41, 5.74) is 0.135. The normalized spacial score (nSPS) is 17.9. The summed E-state index contributed by atoms with van der Waals surface area (Å²) >= 11 is 0. The molecule has 0 aliphatic carbocycles. The van der Waals surface area contributed by atoms with Crippen LogP contribution >= 0.6 is 0 Å². The fourth-order valence-corrected chi connectivity index (χ4v) is 3.78. The van der Waals surface area contributed by atoms with Crippen molar-refractivity contribution in [3.63, 3.8) is 0 Å². The highest BCUT2D eigenvalue weighted by molar-refractivity contribution is 6.09. The number of aryl methyl sites for hydroxylation is 1. The lowest BCUT2D eigenvalue weighted by Gasteiger charge is -2.35. The number of aliphatic imine (C=N–C) groups is 1. The second-order valence-electron chi connectivity index (χ2n) is 7.53. The van der Waals surface area contributed by atoms with E-state index in [1.807, 2.05) is 30.1 Å². The van der Waals surface area contributed by atoms with Gasteiger partial charge in [0.1, 0.15) is 29.5 Å². The van der Waals surface area contributed by atoms with E-state index in [-0.39, 0.29) is 24.2 Å². The van der Waals surface area contributed by atoms with Gasteiger partial charge in [-0.25, -0.2) is 4.39 Å². The van der Waals surface area contributed by atoms with Gasteiger partial charge in [-0.2, -0.15) is 0 Å². The van der Waals surface area contributed by atoms with Gasteiger partial charge in [-0.3, -0.25) is 14.6 Å². The average Bonchev–Trinajstić information content (AvgIpc) is 3.24. The highest BCUT2D eigenvalue weighted by atomic mass is 19.1. The van der Waals surface area contributed by atoms with Gasteiger partial charge in [0.15, 0.2) is 0 Å². The molecular weight excluding hydrogens is 375 g/mol. The molecule has 2 amide bonds. The van der Waals surface area contributed by atoms with Gasteiger partial charge in [0.25, 0.3) is 5.91 Å². The van der Waals surface area contributed by atoms with E-state index in [2.05, 4.69) is 10.3 Å². The fourth-order valence-electron chi connectivity index (χ4n) is 3.78. The number of rotatable bonds is 5. The minimum atomic E-state index is -0.843. The molecule has 4 rings (SSSR count). The summed E-state index contributed by atoms with van der Waals surface area (Å²) < 4.78 is 20.7. The maximum Gasteiger partial charge on any atom is 0.253 e. The van der Waals surface area contributed by atoms with Crippen molar-refractivity contribution >= 4 is 17.6 Å². The molecule has 1 spiro atoms. The lowest BCUT2D eigenvalue weighted by atomic mass is 9.88. The maximum atomic E-state index is 13.2. The van der Waals surface area contributed by atoms with Crippen molar-refractivity contribution in [1.29, 1.82) is 0 Å². The van der Waals surface area contributed by atoms with Crippen LogP contribution in [0.15, 0.2) is 47.7 Å². The van der Waals surface area contributed by atoms with Crippen LogP contribution in [0.3, 0.4) is 0 Å². The van der Waals surface area contributed by atoms with Crippen molar-refractivity contribution in [2.75, 3.05) is 19.7 Å². The van der Waals surface area contributed by atoms with Crippen LogP contribution in [0.1, 0.15) is 18.4 Å². The Hall–Kier alpha value is -3.16. The second kappa shape index (κ2) is 7.69. The minimum absolute atomic E-state index is 0.0584. The molecule has 2 aromatic rings. The van der Waals surface area contributed by atoms with Crippen LogP contribution in [0.5, 0.6) is 5.75 Å². The van der Waals surface area contributed by atoms with E-state index in [0.717, 1.165) is 5.56 Å². The van der Waals surface area contributed by atoms with Crippen molar-refractivity contribution in [1.82, 2.24) is 14.8 Å². The standard InChI is InChI=1S/C21H23FN4O3/c1-25-8-5-15(13-25)11-19(27)26-9-6-21(7-10-26)20(28)23-18(24-21)14-29-17-4-2-3-16(22)12-17/h2-5,8,12-13H,6-7,9-11,14H2,1H3,(H,23,24,28). The zero-order valence-electron chi connectivity index (χ0n) is 16.2. The number of likely N-dealkylation sites (tertiary alicyclic amines) is 1. The third-order valence-electron chi connectivity index (χ3n) is 5.39. The Morgan fingerprint density at radius 3 is 2.79 bits per heavy atom. The van der Waals surface area contributed by atoms with Crippen LogP contribution in [0.4, 0.5) is 4.39 Å². The average molecular weight is 398 g/mol. The van der Waals surface area contributed by atoms with Gasteiger partial charge in [0.2, 0.25) is 5.91 Å². The second-order valence-corrected chi connectivity index (χ2v) is 7.53. The number of piperidine rings is 1. The topological polar surface area (TPSA) is 75.9 Å². The zero-order chi connectivity index (χ0) is 20.4. The SMILES string of the molecule is Cn1ccc(CC(=O)N2CCC3(CC2)N=C(COc2cccc(F)c2)NC3=O)c1. The summed E-state index contributed by atoms with van der Waals surface area (Å²) in [6.07, 6.45) is 5.16. The zero-order valence-corrected chi connectivity index (χ0v) is 16.2. The predicted octanol–water partition coefficient (Wildman–Crippen LogP) is 1.68. The quantitative estimate of drug-likeness (QED) is 0.833. The molecule has 1 aromatic heterocycles. The molecule has 0 saturated carbocycles. The molecule has 152 valence electrons. The van der Waals surface area contributed by atoms with E-state index in [1.165, 1.54) is 12.1 Å². The van der Waals surface area contributed by atoms with Gasteiger partial charge in [-0.05, 0) is 36.6 Å². The summed E-state index contributed by atoms with van der Waals surface area (Å²) in [5.74, 6) is 0.324. The van der Waals surface area contributed by atoms with Gasteiger partial charge < -0.3 is 19.5 Å². The summed E-state index contributed by atoms with van der Waals surface area (Å²) in [6, 6.07) is 7.76. The Kier molecular flexibility index (Phi) is 5.08. The van der Waals surface area contributed by atoms with Crippen molar-refractivity contribution in [3.8, 4) is 5.75 Å². The number of carbonyl (C=O) groups is 2. The first-order valence-corrected chi connectivity index (χ1v) is 9.61. The largest absolute Gasteiger partial charge is 0.486 e. The molecule has 0 atom stereocenters. The minimum Gasteiger partial charge on any atom is -0.486 e. The molecule has 3 heterocycles. The number of hydrogen-bond donors (Lipinski definition) is 1. The number of halogens is 1. The lowest BCUT2D eigenvalue weighted by Crippen LogP contribution is -2.50. The van der Waals surface area contributed by atoms with Crippen molar-refractivity contribution in [2.24, 2.45) is 12.0 Å². The van der Waals surface area contributed by atoms with E-state index in [4.69, 9.17) is 4.74 Å². The monoisotopic (exact) mass is 398 g/mol. The Bertz CT molecular complexity index is 960. The van der Waals surface area contributed by atoms with E-state index in [1.54, 1.807) is 17.0 Å². The number of ether oxygens (including phenoxy) is 1. The molecule has 2 aliphatic rings. The van der Waals surface area contributed by atoms with Gasteiger partial charge in [-0.1, -0.05) is 6.07 Å².